The van der Waals surface area contributed by atoms with Gasteiger partial charge in [0, 0.05) is 36.2 Å². The smallest absolute Gasteiger partial charge is 0.251 e. The average Bonchev–Trinajstić information content (AvgIpc) is 3.27. The zero-order valence-corrected chi connectivity index (χ0v) is 21.2. The van der Waals surface area contributed by atoms with Gasteiger partial charge in [0.2, 0.25) is 0 Å². The second kappa shape index (κ2) is 11.1. The van der Waals surface area contributed by atoms with Crippen LogP contribution < -0.4 is 10.1 Å². The van der Waals surface area contributed by atoms with E-state index in [-0.39, 0.29) is 31.5 Å². The standard InChI is InChI=1S/C28H29ClFN3O3/c1-17(2)36-26-9-8-21(14-23(26)29)28(35)31-22(10-12-34)13-19-6-7-20(15-24(19)30)25-16-33-11-4-5-18(3)27(33)32-25/h4-9,11,14-17,22,34H,10,12-13H2,1-3H3,(H,31,35). The molecule has 0 fully saturated rings. The third-order valence-electron chi connectivity index (χ3n) is 5.86. The molecule has 36 heavy (non-hydrogen) atoms. The van der Waals surface area contributed by atoms with Crippen LogP contribution in [0.2, 0.25) is 5.02 Å². The van der Waals surface area contributed by atoms with E-state index in [1.165, 1.54) is 12.1 Å². The first-order valence-electron chi connectivity index (χ1n) is 11.9. The number of pyridine rings is 1. The zero-order chi connectivity index (χ0) is 25.8. The van der Waals surface area contributed by atoms with Crippen LogP contribution in [0.15, 0.2) is 60.9 Å². The largest absolute Gasteiger partial charge is 0.489 e. The minimum absolute atomic E-state index is 0.0470. The molecular weight excluding hydrogens is 481 g/mol. The van der Waals surface area contributed by atoms with E-state index in [1.54, 1.807) is 18.2 Å². The fourth-order valence-corrected chi connectivity index (χ4v) is 4.30. The number of carbonyl (C=O) groups is 1. The summed E-state index contributed by atoms with van der Waals surface area (Å²) in [6, 6.07) is 13.2. The molecule has 0 aliphatic carbocycles. The van der Waals surface area contributed by atoms with Crippen LogP contribution in [0.3, 0.4) is 0 Å². The highest BCUT2D eigenvalue weighted by Gasteiger charge is 2.18. The molecule has 1 unspecified atom stereocenters. The number of hydrogen-bond donors (Lipinski definition) is 2. The van der Waals surface area contributed by atoms with E-state index in [2.05, 4.69) is 10.3 Å². The van der Waals surface area contributed by atoms with Gasteiger partial charge in [-0.25, -0.2) is 9.37 Å². The molecule has 2 aromatic heterocycles. The number of halogens is 2. The third-order valence-corrected chi connectivity index (χ3v) is 6.16. The molecule has 0 aliphatic heterocycles. The summed E-state index contributed by atoms with van der Waals surface area (Å²) in [5.41, 5.74) is 4.00. The lowest BCUT2D eigenvalue weighted by Gasteiger charge is -2.19. The molecule has 0 radical (unpaired) electrons. The molecule has 0 saturated carbocycles. The summed E-state index contributed by atoms with van der Waals surface area (Å²) in [5.74, 6) is -0.252. The molecule has 2 heterocycles. The Bertz CT molecular complexity index is 1390. The van der Waals surface area contributed by atoms with Crippen LogP contribution in [0.5, 0.6) is 5.75 Å². The van der Waals surface area contributed by atoms with E-state index < -0.39 is 11.9 Å². The van der Waals surface area contributed by atoms with Gasteiger partial charge in [0.1, 0.15) is 17.2 Å². The quantitative estimate of drug-likeness (QED) is 0.307. The molecule has 6 nitrogen and oxygen atoms in total. The van der Waals surface area contributed by atoms with Gasteiger partial charge < -0.3 is 19.6 Å². The van der Waals surface area contributed by atoms with Crippen LogP contribution in [0.25, 0.3) is 16.9 Å². The molecule has 0 saturated heterocycles. The van der Waals surface area contributed by atoms with E-state index in [0.29, 0.717) is 33.2 Å². The highest BCUT2D eigenvalue weighted by atomic mass is 35.5. The van der Waals surface area contributed by atoms with Gasteiger partial charge in [-0.05, 0) is 75.1 Å². The molecular formula is C28H29ClFN3O3. The van der Waals surface area contributed by atoms with Crippen LogP contribution in [-0.4, -0.2) is 39.2 Å². The van der Waals surface area contributed by atoms with E-state index in [1.807, 2.05) is 55.8 Å². The fraction of sp³-hybridized carbons (Fsp3) is 0.286. The maximum absolute atomic E-state index is 15.1. The summed E-state index contributed by atoms with van der Waals surface area (Å²) in [4.78, 5) is 17.5. The lowest BCUT2D eigenvalue weighted by atomic mass is 10.00. The van der Waals surface area contributed by atoms with Gasteiger partial charge in [0.05, 0.1) is 16.8 Å². The Kier molecular flexibility index (Phi) is 7.91. The number of rotatable bonds is 9. The van der Waals surface area contributed by atoms with Crippen molar-refractivity contribution in [3.63, 3.8) is 0 Å². The Morgan fingerprint density at radius 2 is 2.03 bits per heavy atom. The molecule has 2 N–H and O–H groups in total. The number of aliphatic hydroxyl groups excluding tert-OH is 1. The molecule has 0 spiro atoms. The molecule has 8 heteroatoms. The molecule has 2 aromatic carbocycles. The van der Waals surface area contributed by atoms with E-state index in [4.69, 9.17) is 16.3 Å². The first kappa shape index (κ1) is 25.7. The summed E-state index contributed by atoms with van der Waals surface area (Å²) in [6.07, 6.45) is 4.23. The zero-order valence-electron chi connectivity index (χ0n) is 20.5. The van der Waals surface area contributed by atoms with Crippen molar-refractivity contribution in [1.82, 2.24) is 14.7 Å². The maximum Gasteiger partial charge on any atom is 0.251 e. The van der Waals surface area contributed by atoms with Crippen LogP contribution in [0, 0.1) is 12.7 Å². The summed E-state index contributed by atoms with van der Waals surface area (Å²) in [7, 11) is 0. The molecule has 4 aromatic rings. The number of hydrogen-bond acceptors (Lipinski definition) is 4. The van der Waals surface area contributed by atoms with Gasteiger partial charge in [0.25, 0.3) is 5.91 Å². The van der Waals surface area contributed by atoms with Crippen molar-refractivity contribution < 1.29 is 19.0 Å². The number of aromatic nitrogens is 2. The van der Waals surface area contributed by atoms with Crippen molar-refractivity contribution >= 4 is 23.2 Å². The van der Waals surface area contributed by atoms with Gasteiger partial charge in [-0.15, -0.1) is 0 Å². The molecule has 188 valence electrons. The highest BCUT2D eigenvalue weighted by Crippen LogP contribution is 2.27. The maximum atomic E-state index is 15.1. The number of imidazole rings is 1. The minimum atomic E-state index is -0.467. The second-order valence-electron chi connectivity index (χ2n) is 9.05. The SMILES string of the molecule is Cc1cccn2cc(-c3ccc(CC(CCO)NC(=O)c4ccc(OC(C)C)c(Cl)c4)c(F)c3)nc12. The molecule has 4 rings (SSSR count). The summed E-state index contributed by atoms with van der Waals surface area (Å²) in [6.45, 7) is 5.61. The predicted molar refractivity (Wildman–Crippen MR) is 139 cm³/mol. The first-order chi connectivity index (χ1) is 17.2. The van der Waals surface area contributed by atoms with Crippen LogP contribution in [-0.2, 0) is 6.42 Å². The number of nitrogens with one attached hydrogen (secondary N) is 1. The normalized spacial score (nSPS) is 12.2. The number of aliphatic hydroxyl groups is 1. The summed E-state index contributed by atoms with van der Waals surface area (Å²) >= 11 is 6.26. The Hall–Kier alpha value is -3.42. The second-order valence-corrected chi connectivity index (χ2v) is 9.46. The number of carbonyl (C=O) groups excluding carboxylic acids is 1. The van der Waals surface area contributed by atoms with Crippen molar-refractivity contribution in [2.45, 2.75) is 45.8 Å². The van der Waals surface area contributed by atoms with Crippen LogP contribution in [0.4, 0.5) is 4.39 Å². The van der Waals surface area contributed by atoms with E-state index in [0.717, 1.165) is 11.2 Å². The monoisotopic (exact) mass is 509 g/mol. The van der Waals surface area contributed by atoms with Crippen molar-refractivity contribution in [3.05, 3.63) is 88.5 Å². The first-order valence-corrected chi connectivity index (χ1v) is 12.2. The highest BCUT2D eigenvalue weighted by molar-refractivity contribution is 6.32. The van der Waals surface area contributed by atoms with E-state index >= 15 is 4.39 Å². The van der Waals surface area contributed by atoms with Crippen molar-refractivity contribution in [1.29, 1.82) is 0 Å². The van der Waals surface area contributed by atoms with Crippen molar-refractivity contribution in [3.8, 4) is 17.0 Å². The molecule has 1 atom stereocenters. The number of fused-ring (bicyclic) bond motifs is 1. The Morgan fingerprint density at radius 1 is 1.22 bits per heavy atom. The Balaban J connectivity index is 1.49. The number of nitrogens with zero attached hydrogens (tertiary/aromatic N) is 2. The number of amides is 1. The molecule has 0 aliphatic rings. The summed E-state index contributed by atoms with van der Waals surface area (Å²) in [5, 5.41) is 12.7. The van der Waals surface area contributed by atoms with E-state index in [9.17, 15) is 9.90 Å². The third kappa shape index (κ3) is 5.86. The molecule has 1 amide bonds. The Morgan fingerprint density at radius 3 is 2.69 bits per heavy atom. The van der Waals surface area contributed by atoms with Gasteiger partial charge in [0.15, 0.2) is 0 Å². The van der Waals surface area contributed by atoms with Gasteiger partial charge in [-0.2, -0.15) is 0 Å². The Labute approximate surface area is 214 Å². The van der Waals surface area contributed by atoms with Gasteiger partial charge >= 0.3 is 0 Å². The minimum Gasteiger partial charge on any atom is -0.489 e. The topological polar surface area (TPSA) is 75.9 Å². The van der Waals surface area contributed by atoms with Gasteiger partial charge in [-0.1, -0.05) is 29.8 Å². The van der Waals surface area contributed by atoms with Crippen molar-refractivity contribution in [2.75, 3.05) is 6.61 Å². The van der Waals surface area contributed by atoms with Gasteiger partial charge in [-0.3, -0.25) is 4.79 Å². The average molecular weight is 510 g/mol. The van der Waals surface area contributed by atoms with Crippen LogP contribution >= 0.6 is 11.6 Å². The van der Waals surface area contributed by atoms with Crippen molar-refractivity contribution in [2.24, 2.45) is 0 Å². The lowest BCUT2D eigenvalue weighted by molar-refractivity contribution is 0.0930. The number of ether oxygens (including phenoxy) is 1. The number of aryl methyl sites for hydroxylation is 1. The predicted octanol–water partition coefficient (Wildman–Crippen LogP) is 5.61. The fourth-order valence-electron chi connectivity index (χ4n) is 4.07. The summed E-state index contributed by atoms with van der Waals surface area (Å²) < 4.78 is 22.6. The van der Waals surface area contributed by atoms with Crippen LogP contribution in [0.1, 0.15) is 41.8 Å². The molecule has 0 bridgehead atoms. The number of benzene rings is 2. The lowest BCUT2D eigenvalue weighted by Crippen LogP contribution is -2.37.